The molecule has 4 amide bonds. The normalized spacial score (nSPS) is 15.6. The Bertz CT molecular complexity index is 1180. The minimum atomic E-state index is -0.759. The van der Waals surface area contributed by atoms with E-state index in [1.165, 1.54) is 11.8 Å². The molecule has 2 aromatic heterocycles. The highest BCUT2D eigenvalue weighted by atomic mass is 16.3. The third-order valence-electron chi connectivity index (χ3n) is 5.45. The molecule has 158 valence electrons. The molecule has 0 bridgehead atoms. The zero-order valence-corrected chi connectivity index (χ0v) is 17.6. The fraction of sp³-hybridized carbons (Fsp3) is 0.208. The standard InChI is InChI=1S/C24H23N3O4/c1-4-17-7-9-19(10-8-17)27-15(2)12-18(16(27)3)13-21-22(28)25-24(30)26(23(21)29)14-20-6-5-11-31-20/h5-13H,4,14H2,1-3H3,(H,25,28,30)/b21-13-. The Morgan fingerprint density at radius 2 is 1.81 bits per heavy atom. The van der Waals surface area contributed by atoms with Crippen molar-refractivity contribution in [2.24, 2.45) is 0 Å². The Kier molecular flexibility index (Phi) is 5.33. The van der Waals surface area contributed by atoms with Crippen LogP contribution in [0.5, 0.6) is 0 Å². The van der Waals surface area contributed by atoms with E-state index >= 15 is 0 Å². The Morgan fingerprint density at radius 3 is 2.45 bits per heavy atom. The lowest BCUT2D eigenvalue weighted by atomic mass is 10.1. The second-order valence-corrected chi connectivity index (χ2v) is 7.47. The second-order valence-electron chi connectivity index (χ2n) is 7.47. The number of hydrogen-bond acceptors (Lipinski definition) is 4. The molecule has 3 aromatic rings. The molecule has 1 aromatic carbocycles. The van der Waals surface area contributed by atoms with Crippen molar-refractivity contribution in [3.63, 3.8) is 0 Å². The molecule has 0 saturated carbocycles. The average molecular weight is 417 g/mol. The predicted molar refractivity (Wildman–Crippen MR) is 115 cm³/mol. The van der Waals surface area contributed by atoms with Gasteiger partial charge in [0.1, 0.15) is 11.3 Å². The highest BCUT2D eigenvalue weighted by Crippen LogP contribution is 2.25. The zero-order chi connectivity index (χ0) is 22.1. The van der Waals surface area contributed by atoms with Gasteiger partial charge in [-0.3, -0.25) is 19.8 Å². The van der Waals surface area contributed by atoms with Crippen molar-refractivity contribution < 1.29 is 18.8 Å². The molecular weight excluding hydrogens is 394 g/mol. The Morgan fingerprint density at radius 1 is 1.06 bits per heavy atom. The number of hydrogen-bond donors (Lipinski definition) is 1. The van der Waals surface area contributed by atoms with E-state index in [1.807, 2.05) is 19.9 Å². The van der Waals surface area contributed by atoms with Crippen molar-refractivity contribution in [3.8, 4) is 5.69 Å². The lowest BCUT2D eigenvalue weighted by Crippen LogP contribution is -2.53. The first-order valence-electron chi connectivity index (χ1n) is 10.1. The van der Waals surface area contributed by atoms with Crippen molar-refractivity contribution in [2.45, 2.75) is 33.7 Å². The third-order valence-corrected chi connectivity index (χ3v) is 5.45. The summed E-state index contributed by atoms with van der Waals surface area (Å²) in [5.41, 5.74) is 4.77. The number of amides is 4. The summed E-state index contributed by atoms with van der Waals surface area (Å²) in [5.74, 6) is -0.907. The summed E-state index contributed by atoms with van der Waals surface area (Å²) in [6.07, 6.45) is 3.97. The van der Waals surface area contributed by atoms with Crippen LogP contribution in [0, 0.1) is 13.8 Å². The largest absolute Gasteiger partial charge is 0.467 e. The number of carbonyl (C=O) groups excluding carboxylic acids is 3. The van der Waals surface area contributed by atoms with Crippen LogP contribution >= 0.6 is 0 Å². The Labute approximate surface area is 180 Å². The fourth-order valence-electron chi connectivity index (χ4n) is 3.76. The molecule has 1 saturated heterocycles. The lowest BCUT2D eigenvalue weighted by Gasteiger charge is -2.25. The summed E-state index contributed by atoms with van der Waals surface area (Å²) in [7, 11) is 0. The summed E-state index contributed by atoms with van der Waals surface area (Å²) in [4.78, 5) is 38.5. The van der Waals surface area contributed by atoms with Crippen LogP contribution in [-0.4, -0.2) is 27.3 Å². The SMILES string of the molecule is CCc1ccc(-n2c(C)cc(/C=C3/C(=O)NC(=O)N(Cc4ccco4)C3=O)c2C)cc1. The second kappa shape index (κ2) is 8.10. The van der Waals surface area contributed by atoms with Crippen molar-refractivity contribution in [1.82, 2.24) is 14.8 Å². The van der Waals surface area contributed by atoms with E-state index in [1.54, 1.807) is 18.2 Å². The monoisotopic (exact) mass is 417 g/mol. The lowest BCUT2D eigenvalue weighted by molar-refractivity contribution is -0.130. The maximum absolute atomic E-state index is 12.9. The van der Waals surface area contributed by atoms with Gasteiger partial charge in [-0.2, -0.15) is 0 Å². The fourth-order valence-corrected chi connectivity index (χ4v) is 3.76. The molecule has 31 heavy (non-hydrogen) atoms. The molecule has 0 radical (unpaired) electrons. The molecule has 7 nitrogen and oxygen atoms in total. The molecule has 4 rings (SSSR count). The third kappa shape index (κ3) is 3.82. The summed E-state index contributed by atoms with van der Waals surface area (Å²) in [5, 5.41) is 2.24. The van der Waals surface area contributed by atoms with Gasteiger partial charge in [-0.15, -0.1) is 0 Å². The molecule has 0 unspecified atom stereocenters. The van der Waals surface area contributed by atoms with Crippen LogP contribution in [0.3, 0.4) is 0 Å². The molecule has 1 N–H and O–H groups in total. The van der Waals surface area contributed by atoms with Crippen molar-refractivity contribution in [1.29, 1.82) is 0 Å². The zero-order valence-electron chi connectivity index (χ0n) is 17.6. The number of imide groups is 2. The first-order chi connectivity index (χ1) is 14.9. The first kappa shape index (κ1) is 20.4. The van der Waals surface area contributed by atoms with E-state index in [-0.39, 0.29) is 12.1 Å². The van der Waals surface area contributed by atoms with E-state index in [4.69, 9.17) is 4.42 Å². The molecule has 1 aliphatic heterocycles. The Hall–Kier alpha value is -3.87. The predicted octanol–water partition coefficient (Wildman–Crippen LogP) is 3.91. The summed E-state index contributed by atoms with van der Waals surface area (Å²) in [6, 6.07) is 12.8. The van der Waals surface area contributed by atoms with Gasteiger partial charge >= 0.3 is 6.03 Å². The number of aryl methyl sites for hydroxylation is 2. The first-order valence-corrected chi connectivity index (χ1v) is 10.1. The van der Waals surface area contributed by atoms with E-state index in [0.29, 0.717) is 5.76 Å². The molecule has 1 aliphatic rings. The summed E-state index contributed by atoms with van der Waals surface area (Å²) < 4.78 is 7.31. The van der Waals surface area contributed by atoms with Crippen LogP contribution in [-0.2, 0) is 22.6 Å². The summed E-state index contributed by atoms with van der Waals surface area (Å²) >= 11 is 0. The maximum Gasteiger partial charge on any atom is 0.331 e. The van der Waals surface area contributed by atoms with Gasteiger partial charge in [0, 0.05) is 17.1 Å². The molecule has 1 fully saturated rings. The number of furan rings is 1. The quantitative estimate of drug-likeness (QED) is 0.504. The molecular formula is C24H23N3O4. The van der Waals surface area contributed by atoms with Gasteiger partial charge in [0.2, 0.25) is 0 Å². The number of benzene rings is 1. The van der Waals surface area contributed by atoms with Crippen LogP contribution in [0.1, 0.15) is 35.2 Å². The van der Waals surface area contributed by atoms with Crippen molar-refractivity contribution in [3.05, 3.63) is 82.6 Å². The smallest absolute Gasteiger partial charge is 0.331 e. The maximum atomic E-state index is 12.9. The highest BCUT2D eigenvalue weighted by molar-refractivity contribution is 6.31. The molecule has 3 heterocycles. The van der Waals surface area contributed by atoms with Gasteiger partial charge in [-0.05, 0) is 67.8 Å². The van der Waals surface area contributed by atoms with Gasteiger partial charge < -0.3 is 8.98 Å². The van der Waals surface area contributed by atoms with E-state index in [2.05, 4.69) is 41.1 Å². The average Bonchev–Trinajstić information content (AvgIpc) is 3.36. The number of barbiturate groups is 1. The summed E-state index contributed by atoms with van der Waals surface area (Å²) in [6.45, 7) is 5.96. The highest BCUT2D eigenvalue weighted by Gasteiger charge is 2.36. The van der Waals surface area contributed by atoms with Crippen LogP contribution in [0.2, 0.25) is 0 Å². The van der Waals surface area contributed by atoms with Crippen LogP contribution in [0.15, 0.2) is 58.7 Å². The topological polar surface area (TPSA) is 84.6 Å². The number of nitrogens with one attached hydrogen (secondary N) is 1. The number of aromatic nitrogens is 1. The van der Waals surface area contributed by atoms with E-state index in [9.17, 15) is 14.4 Å². The van der Waals surface area contributed by atoms with Crippen LogP contribution < -0.4 is 5.32 Å². The van der Waals surface area contributed by atoms with E-state index < -0.39 is 17.8 Å². The number of rotatable bonds is 5. The van der Waals surface area contributed by atoms with Gasteiger partial charge in [-0.1, -0.05) is 19.1 Å². The van der Waals surface area contributed by atoms with Crippen molar-refractivity contribution in [2.75, 3.05) is 0 Å². The van der Waals surface area contributed by atoms with Crippen LogP contribution in [0.25, 0.3) is 11.8 Å². The molecule has 7 heteroatoms. The van der Waals surface area contributed by atoms with E-state index in [0.717, 1.165) is 34.0 Å². The number of carbonyl (C=O) groups is 3. The van der Waals surface area contributed by atoms with Gasteiger partial charge in [0.25, 0.3) is 11.8 Å². The molecule has 0 atom stereocenters. The molecule has 0 aliphatic carbocycles. The van der Waals surface area contributed by atoms with Crippen LogP contribution in [0.4, 0.5) is 4.79 Å². The van der Waals surface area contributed by atoms with Gasteiger partial charge in [0.15, 0.2) is 0 Å². The van der Waals surface area contributed by atoms with Gasteiger partial charge in [0.05, 0.1) is 12.8 Å². The minimum Gasteiger partial charge on any atom is -0.467 e. The van der Waals surface area contributed by atoms with Crippen molar-refractivity contribution >= 4 is 23.9 Å². The minimum absolute atomic E-state index is 0.0505. The number of nitrogens with zero attached hydrogens (tertiary/aromatic N) is 2. The van der Waals surface area contributed by atoms with Gasteiger partial charge in [-0.25, -0.2) is 4.79 Å². The Balaban J connectivity index is 1.69. The molecule has 0 spiro atoms. The number of urea groups is 1.